The average molecular weight is 156 g/mol. The van der Waals surface area contributed by atoms with Crippen molar-refractivity contribution >= 4 is 6.29 Å². The first kappa shape index (κ1) is 8.72. The molecule has 1 aliphatic heterocycles. The summed E-state index contributed by atoms with van der Waals surface area (Å²) in [5.74, 6) is 0. The molecule has 1 unspecified atom stereocenters. The van der Waals surface area contributed by atoms with Crippen LogP contribution < -0.4 is 0 Å². The molecule has 0 N–H and O–H groups in total. The summed E-state index contributed by atoms with van der Waals surface area (Å²) in [6.45, 7) is 6.76. The molecule has 0 amide bonds. The maximum Gasteiger partial charge on any atom is 0.129 e. The highest BCUT2D eigenvalue weighted by Crippen LogP contribution is 2.44. The zero-order valence-corrected chi connectivity index (χ0v) is 7.52. The Labute approximate surface area is 67.9 Å². The lowest BCUT2D eigenvalue weighted by Gasteiger charge is -2.33. The molecule has 1 saturated heterocycles. The minimum absolute atomic E-state index is 0.229. The van der Waals surface area contributed by atoms with Gasteiger partial charge in [0.05, 0.1) is 11.0 Å². The first-order chi connectivity index (χ1) is 5.08. The SMILES string of the molecule is CCC1(C=O)CCOC1(C)C. The van der Waals surface area contributed by atoms with Crippen molar-refractivity contribution in [3.8, 4) is 0 Å². The number of hydrogen-bond donors (Lipinski definition) is 0. The van der Waals surface area contributed by atoms with E-state index in [1.807, 2.05) is 20.8 Å². The Balaban J connectivity index is 2.90. The van der Waals surface area contributed by atoms with Crippen molar-refractivity contribution < 1.29 is 9.53 Å². The fourth-order valence-corrected chi connectivity index (χ4v) is 1.82. The van der Waals surface area contributed by atoms with Crippen LogP contribution in [0.2, 0.25) is 0 Å². The molecule has 0 spiro atoms. The second kappa shape index (κ2) is 2.59. The molecule has 0 aromatic rings. The summed E-state index contributed by atoms with van der Waals surface area (Å²) >= 11 is 0. The molecule has 2 heteroatoms. The van der Waals surface area contributed by atoms with Crippen LogP contribution in [0.3, 0.4) is 0 Å². The van der Waals surface area contributed by atoms with Crippen molar-refractivity contribution in [2.45, 2.75) is 39.2 Å². The predicted molar refractivity (Wildman–Crippen MR) is 43.4 cm³/mol. The van der Waals surface area contributed by atoms with Crippen molar-refractivity contribution in [2.75, 3.05) is 6.61 Å². The molecule has 0 radical (unpaired) electrons. The molecule has 0 aliphatic carbocycles. The molecule has 1 aliphatic rings. The van der Waals surface area contributed by atoms with Gasteiger partial charge in [0.2, 0.25) is 0 Å². The summed E-state index contributed by atoms with van der Waals surface area (Å²) in [4.78, 5) is 10.9. The van der Waals surface area contributed by atoms with Crippen LogP contribution in [0.5, 0.6) is 0 Å². The van der Waals surface area contributed by atoms with Gasteiger partial charge in [0.1, 0.15) is 6.29 Å². The number of hydrogen-bond acceptors (Lipinski definition) is 2. The van der Waals surface area contributed by atoms with Crippen LogP contribution in [-0.4, -0.2) is 18.5 Å². The second-order valence-electron chi connectivity index (χ2n) is 3.74. The van der Waals surface area contributed by atoms with Gasteiger partial charge in [0, 0.05) is 6.61 Å². The molecule has 1 heterocycles. The van der Waals surface area contributed by atoms with Crippen LogP contribution in [0.4, 0.5) is 0 Å². The predicted octanol–water partition coefficient (Wildman–Crippen LogP) is 1.78. The summed E-state index contributed by atoms with van der Waals surface area (Å²) in [5, 5.41) is 0. The maximum absolute atomic E-state index is 10.9. The van der Waals surface area contributed by atoms with E-state index >= 15 is 0 Å². The molecule has 0 saturated carbocycles. The first-order valence-electron chi connectivity index (χ1n) is 4.18. The Bertz CT molecular complexity index is 163. The van der Waals surface area contributed by atoms with E-state index in [4.69, 9.17) is 4.74 Å². The van der Waals surface area contributed by atoms with Gasteiger partial charge in [-0.3, -0.25) is 0 Å². The van der Waals surface area contributed by atoms with Gasteiger partial charge in [-0.25, -0.2) is 0 Å². The van der Waals surface area contributed by atoms with E-state index in [-0.39, 0.29) is 11.0 Å². The number of aldehydes is 1. The normalized spacial score (nSPS) is 35.5. The molecule has 64 valence electrons. The lowest BCUT2D eigenvalue weighted by Crippen LogP contribution is -2.40. The van der Waals surface area contributed by atoms with Crippen LogP contribution in [0.25, 0.3) is 0 Å². The third kappa shape index (κ3) is 1.09. The Morgan fingerprint density at radius 3 is 2.36 bits per heavy atom. The Morgan fingerprint density at radius 2 is 2.18 bits per heavy atom. The average Bonchev–Trinajstić information content (AvgIpc) is 2.26. The van der Waals surface area contributed by atoms with Crippen LogP contribution in [-0.2, 0) is 9.53 Å². The molecule has 0 bridgehead atoms. The van der Waals surface area contributed by atoms with Gasteiger partial charge < -0.3 is 9.53 Å². The quantitative estimate of drug-likeness (QED) is 0.570. The van der Waals surface area contributed by atoms with Crippen molar-refractivity contribution in [1.29, 1.82) is 0 Å². The highest BCUT2D eigenvalue weighted by molar-refractivity contribution is 5.62. The molecule has 0 aromatic heterocycles. The van der Waals surface area contributed by atoms with E-state index < -0.39 is 0 Å². The van der Waals surface area contributed by atoms with Crippen molar-refractivity contribution in [2.24, 2.45) is 5.41 Å². The van der Waals surface area contributed by atoms with Gasteiger partial charge in [-0.15, -0.1) is 0 Å². The second-order valence-corrected chi connectivity index (χ2v) is 3.74. The molecular formula is C9H16O2. The number of rotatable bonds is 2. The summed E-state index contributed by atoms with van der Waals surface area (Å²) in [6.07, 6.45) is 2.82. The summed E-state index contributed by atoms with van der Waals surface area (Å²) < 4.78 is 5.51. The topological polar surface area (TPSA) is 26.3 Å². The smallest absolute Gasteiger partial charge is 0.129 e. The lowest BCUT2D eigenvalue weighted by molar-refractivity contribution is -0.125. The fraction of sp³-hybridized carbons (Fsp3) is 0.889. The minimum atomic E-state index is -0.260. The largest absolute Gasteiger partial charge is 0.375 e. The third-order valence-corrected chi connectivity index (χ3v) is 3.07. The van der Waals surface area contributed by atoms with E-state index in [0.717, 1.165) is 25.7 Å². The standard InChI is InChI=1S/C9H16O2/c1-4-9(7-10)5-6-11-8(9,2)3/h7H,4-6H2,1-3H3. The zero-order chi connectivity index (χ0) is 8.54. The Kier molecular flexibility index (Phi) is 2.06. The Morgan fingerprint density at radius 1 is 1.55 bits per heavy atom. The molecule has 11 heavy (non-hydrogen) atoms. The highest BCUT2D eigenvalue weighted by Gasteiger charge is 2.48. The van der Waals surface area contributed by atoms with E-state index in [1.165, 1.54) is 0 Å². The molecular weight excluding hydrogens is 140 g/mol. The molecule has 1 fully saturated rings. The fourth-order valence-electron chi connectivity index (χ4n) is 1.82. The first-order valence-corrected chi connectivity index (χ1v) is 4.18. The third-order valence-electron chi connectivity index (χ3n) is 3.07. The molecule has 1 atom stereocenters. The minimum Gasteiger partial charge on any atom is -0.375 e. The maximum atomic E-state index is 10.9. The van der Waals surface area contributed by atoms with Gasteiger partial charge >= 0.3 is 0 Å². The summed E-state index contributed by atoms with van der Waals surface area (Å²) in [5.41, 5.74) is -0.490. The Hall–Kier alpha value is -0.370. The number of carbonyl (C=O) groups excluding carboxylic acids is 1. The van der Waals surface area contributed by atoms with Gasteiger partial charge in [-0.2, -0.15) is 0 Å². The van der Waals surface area contributed by atoms with Gasteiger partial charge in [-0.1, -0.05) is 6.92 Å². The molecule has 1 rings (SSSR count). The highest BCUT2D eigenvalue weighted by atomic mass is 16.5. The van der Waals surface area contributed by atoms with Gasteiger partial charge in [0.25, 0.3) is 0 Å². The number of ether oxygens (including phenoxy) is 1. The molecule has 2 nitrogen and oxygen atoms in total. The summed E-state index contributed by atoms with van der Waals surface area (Å²) in [7, 11) is 0. The van der Waals surface area contributed by atoms with E-state index in [0.29, 0.717) is 0 Å². The summed E-state index contributed by atoms with van der Waals surface area (Å²) in [6, 6.07) is 0. The van der Waals surface area contributed by atoms with Crippen LogP contribution in [0.1, 0.15) is 33.6 Å². The van der Waals surface area contributed by atoms with Gasteiger partial charge in [-0.05, 0) is 26.7 Å². The zero-order valence-electron chi connectivity index (χ0n) is 7.52. The van der Waals surface area contributed by atoms with Crippen LogP contribution in [0, 0.1) is 5.41 Å². The van der Waals surface area contributed by atoms with Crippen molar-refractivity contribution in [1.82, 2.24) is 0 Å². The van der Waals surface area contributed by atoms with Crippen LogP contribution >= 0.6 is 0 Å². The van der Waals surface area contributed by atoms with Crippen molar-refractivity contribution in [3.05, 3.63) is 0 Å². The van der Waals surface area contributed by atoms with Crippen LogP contribution in [0.15, 0.2) is 0 Å². The van der Waals surface area contributed by atoms with E-state index in [2.05, 4.69) is 0 Å². The van der Waals surface area contributed by atoms with E-state index in [1.54, 1.807) is 0 Å². The number of carbonyl (C=O) groups is 1. The monoisotopic (exact) mass is 156 g/mol. The van der Waals surface area contributed by atoms with E-state index in [9.17, 15) is 4.79 Å². The molecule has 0 aromatic carbocycles. The van der Waals surface area contributed by atoms with Gasteiger partial charge in [0.15, 0.2) is 0 Å². The van der Waals surface area contributed by atoms with Crippen molar-refractivity contribution in [3.63, 3.8) is 0 Å². The lowest BCUT2D eigenvalue weighted by atomic mass is 9.73.